The van der Waals surface area contributed by atoms with Crippen LogP contribution >= 0.6 is 11.6 Å². The molecule has 4 amide bonds. The number of hydrogen-bond donors (Lipinski definition) is 3. The van der Waals surface area contributed by atoms with E-state index in [-0.39, 0.29) is 42.8 Å². The predicted molar refractivity (Wildman–Crippen MR) is 170 cm³/mol. The minimum atomic E-state index is -0.857. The van der Waals surface area contributed by atoms with Gasteiger partial charge in [-0.2, -0.15) is 0 Å². The fourth-order valence-corrected chi connectivity index (χ4v) is 6.92. The van der Waals surface area contributed by atoms with E-state index in [4.69, 9.17) is 11.6 Å². The van der Waals surface area contributed by atoms with Crippen molar-refractivity contribution in [1.82, 2.24) is 25.8 Å². The highest BCUT2D eigenvalue weighted by Gasteiger charge is 2.54. The molecular formula is C33H43ClN6O4. The molecule has 5 rings (SSSR count). The summed E-state index contributed by atoms with van der Waals surface area (Å²) >= 11 is 6.06. The first-order valence-electron chi connectivity index (χ1n) is 15.7. The molecule has 2 saturated heterocycles. The largest absolute Gasteiger partial charge is 0.352 e. The summed E-state index contributed by atoms with van der Waals surface area (Å²) in [5.41, 5.74) is 0.940. The smallest absolute Gasteiger partial charge is 0.250 e. The van der Waals surface area contributed by atoms with Crippen LogP contribution in [0.1, 0.15) is 50.5 Å². The molecule has 1 spiro atoms. The third-order valence-corrected chi connectivity index (χ3v) is 9.36. The lowest BCUT2D eigenvalue weighted by Crippen LogP contribution is -2.60. The Morgan fingerprint density at radius 2 is 1.64 bits per heavy atom. The molecule has 1 aliphatic carbocycles. The van der Waals surface area contributed by atoms with Crippen LogP contribution in [0.4, 0.5) is 5.69 Å². The first kappa shape index (κ1) is 31.8. The van der Waals surface area contributed by atoms with E-state index in [2.05, 4.69) is 20.9 Å². The lowest BCUT2D eigenvalue weighted by Gasteiger charge is -2.44. The van der Waals surface area contributed by atoms with E-state index in [1.807, 2.05) is 42.5 Å². The zero-order valence-electron chi connectivity index (χ0n) is 25.4. The number of carbonyl (C=O) groups is 4. The minimum Gasteiger partial charge on any atom is -0.352 e. The van der Waals surface area contributed by atoms with Crippen LogP contribution in [-0.2, 0) is 25.6 Å². The molecule has 0 bridgehead atoms. The quantitative estimate of drug-likeness (QED) is 0.376. The molecule has 3 aliphatic rings. The van der Waals surface area contributed by atoms with E-state index in [1.165, 1.54) is 6.42 Å². The van der Waals surface area contributed by atoms with Crippen molar-refractivity contribution in [2.75, 3.05) is 44.8 Å². The number of halogens is 1. The van der Waals surface area contributed by atoms with Crippen LogP contribution in [0.5, 0.6) is 0 Å². The molecule has 1 saturated carbocycles. The predicted octanol–water partition coefficient (Wildman–Crippen LogP) is 2.70. The van der Waals surface area contributed by atoms with Gasteiger partial charge in [-0.3, -0.25) is 19.2 Å². The number of piperidine rings is 1. The molecule has 1 atom stereocenters. The Morgan fingerprint density at radius 3 is 2.30 bits per heavy atom. The topological polar surface area (TPSA) is 114 Å². The number of benzene rings is 2. The lowest BCUT2D eigenvalue weighted by molar-refractivity contribution is -0.141. The summed E-state index contributed by atoms with van der Waals surface area (Å²) in [6.07, 6.45) is 6.58. The molecule has 2 aromatic carbocycles. The van der Waals surface area contributed by atoms with Gasteiger partial charge in [-0.05, 0) is 62.6 Å². The van der Waals surface area contributed by atoms with E-state index >= 15 is 0 Å². The summed E-state index contributed by atoms with van der Waals surface area (Å²) in [4.78, 5) is 59.0. The van der Waals surface area contributed by atoms with Crippen LogP contribution in [0.15, 0.2) is 54.6 Å². The van der Waals surface area contributed by atoms with Crippen molar-refractivity contribution in [2.24, 2.45) is 0 Å². The highest BCUT2D eigenvalue weighted by Crippen LogP contribution is 2.39. The van der Waals surface area contributed by atoms with Crippen molar-refractivity contribution in [3.63, 3.8) is 0 Å². The summed E-state index contributed by atoms with van der Waals surface area (Å²) in [6.45, 7) is 1.14. The zero-order valence-corrected chi connectivity index (χ0v) is 26.2. The van der Waals surface area contributed by atoms with Crippen LogP contribution in [-0.4, -0.2) is 90.9 Å². The Morgan fingerprint density at radius 1 is 0.955 bits per heavy atom. The Hall–Kier alpha value is -3.63. The van der Waals surface area contributed by atoms with Gasteiger partial charge in [0.25, 0.3) is 5.91 Å². The van der Waals surface area contributed by atoms with Gasteiger partial charge >= 0.3 is 0 Å². The minimum absolute atomic E-state index is 0.0176. The number of amides is 4. The van der Waals surface area contributed by atoms with Crippen LogP contribution in [0.25, 0.3) is 0 Å². The second-order valence-corrected chi connectivity index (χ2v) is 12.6. The summed E-state index contributed by atoms with van der Waals surface area (Å²) < 4.78 is 0. The number of anilines is 1. The van der Waals surface area contributed by atoms with E-state index in [1.54, 1.807) is 29.0 Å². The third-order valence-electron chi connectivity index (χ3n) is 9.11. The van der Waals surface area contributed by atoms with E-state index < -0.39 is 11.6 Å². The average molecular weight is 623 g/mol. The molecule has 3 N–H and O–H groups in total. The molecule has 44 heavy (non-hydrogen) atoms. The van der Waals surface area contributed by atoms with Gasteiger partial charge in [0.15, 0.2) is 0 Å². The summed E-state index contributed by atoms with van der Waals surface area (Å²) in [7, 11) is 1.68. The molecule has 2 heterocycles. The van der Waals surface area contributed by atoms with Gasteiger partial charge in [0.05, 0.1) is 13.2 Å². The van der Waals surface area contributed by atoms with Crippen molar-refractivity contribution in [3.8, 4) is 0 Å². The highest BCUT2D eigenvalue weighted by atomic mass is 35.5. The Balaban J connectivity index is 1.30. The zero-order chi connectivity index (χ0) is 31.1. The van der Waals surface area contributed by atoms with Gasteiger partial charge < -0.3 is 30.7 Å². The first-order valence-corrected chi connectivity index (χ1v) is 16.1. The van der Waals surface area contributed by atoms with Gasteiger partial charge in [0, 0.05) is 36.3 Å². The van der Waals surface area contributed by atoms with Gasteiger partial charge in [-0.1, -0.05) is 61.2 Å². The second kappa shape index (κ2) is 14.4. The number of rotatable bonds is 10. The van der Waals surface area contributed by atoms with E-state index in [0.29, 0.717) is 44.0 Å². The van der Waals surface area contributed by atoms with E-state index in [9.17, 15) is 19.2 Å². The van der Waals surface area contributed by atoms with Crippen molar-refractivity contribution < 1.29 is 19.2 Å². The number of hydrogen-bond acceptors (Lipinski definition) is 6. The van der Waals surface area contributed by atoms with Gasteiger partial charge in [-0.25, -0.2) is 0 Å². The molecule has 3 fully saturated rings. The monoisotopic (exact) mass is 622 g/mol. The molecular weight excluding hydrogens is 580 g/mol. The van der Waals surface area contributed by atoms with Crippen LogP contribution in [0, 0.1) is 0 Å². The SMILES string of the molecule is CNCC(=O)NC(Cc1ccc(Cl)cc1)C(=O)N1CCC2(CC1)C(=O)N(CC(=O)NC1CCCCC1)CN2c1ccccc1. The maximum atomic E-state index is 14.1. The molecule has 1 unspecified atom stereocenters. The van der Waals surface area contributed by atoms with E-state index in [0.717, 1.165) is 36.9 Å². The molecule has 2 aliphatic heterocycles. The summed E-state index contributed by atoms with van der Waals surface area (Å²) in [6, 6.07) is 16.5. The molecule has 236 valence electrons. The number of para-hydroxylation sites is 1. The fourth-order valence-electron chi connectivity index (χ4n) is 6.80. The van der Waals surface area contributed by atoms with Gasteiger partial charge in [0.2, 0.25) is 17.7 Å². The lowest BCUT2D eigenvalue weighted by atomic mass is 9.85. The molecule has 2 aromatic rings. The average Bonchev–Trinajstić information content (AvgIpc) is 3.29. The Labute approximate surface area is 264 Å². The highest BCUT2D eigenvalue weighted by molar-refractivity contribution is 6.30. The summed E-state index contributed by atoms with van der Waals surface area (Å²) in [5.74, 6) is -0.645. The first-order chi connectivity index (χ1) is 21.3. The standard InChI is InChI=1S/C33H43ClN6O4/c1-35-21-29(41)37-28(20-24-12-14-25(34)15-13-24)31(43)38-18-16-33(17-19-38)32(44)39(23-40(33)27-10-6-3-7-11-27)22-30(42)36-26-8-4-2-5-9-26/h3,6-7,10-15,26,28,35H,2,4-5,8-9,16-23H2,1H3,(H,36,42)(H,37,41). The summed E-state index contributed by atoms with van der Waals surface area (Å²) in [5, 5.41) is 9.46. The van der Waals surface area contributed by atoms with Gasteiger partial charge in [-0.15, -0.1) is 0 Å². The number of nitrogens with one attached hydrogen (secondary N) is 3. The van der Waals surface area contributed by atoms with Crippen molar-refractivity contribution in [1.29, 1.82) is 0 Å². The Bertz CT molecular complexity index is 1310. The van der Waals surface area contributed by atoms with Crippen molar-refractivity contribution in [2.45, 2.75) is 69.0 Å². The number of likely N-dealkylation sites (N-methyl/N-ethyl adjacent to an activating group) is 1. The number of likely N-dealkylation sites (tertiary alicyclic amines) is 1. The third kappa shape index (κ3) is 7.35. The maximum absolute atomic E-state index is 14.1. The van der Waals surface area contributed by atoms with Crippen LogP contribution in [0.3, 0.4) is 0 Å². The molecule has 0 radical (unpaired) electrons. The molecule has 0 aromatic heterocycles. The van der Waals surface area contributed by atoms with Crippen molar-refractivity contribution >= 4 is 40.9 Å². The normalized spacial score (nSPS) is 19.2. The maximum Gasteiger partial charge on any atom is 0.250 e. The second-order valence-electron chi connectivity index (χ2n) is 12.1. The van der Waals surface area contributed by atoms with Crippen LogP contribution in [0.2, 0.25) is 5.02 Å². The number of nitrogens with zero attached hydrogens (tertiary/aromatic N) is 3. The Kier molecular flexibility index (Phi) is 10.4. The fraction of sp³-hybridized carbons (Fsp3) is 0.515. The molecule has 10 nitrogen and oxygen atoms in total. The van der Waals surface area contributed by atoms with Crippen LogP contribution < -0.4 is 20.9 Å². The van der Waals surface area contributed by atoms with Gasteiger partial charge in [0.1, 0.15) is 18.1 Å². The van der Waals surface area contributed by atoms with Crippen molar-refractivity contribution in [3.05, 3.63) is 65.2 Å². The molecule has 11 heteroatoms. The number of carbonyl (C=O) groups excluding carboxylic acids is 4.